The average Bonchev–Trinajstić information content (AvgIpc) is 2.72. The first-order valence-corrected chi connectivity index (χ1v) is 9.20. The van der Waals surface area contributed by atoms with Crippen molar-refractivity contribution in [2.45, 2.75) is 19.3 Å². The van der Waals surface area contributed by atoms with E-state index in [0.717, 1.165) is 24.5 Å². The number of pyridine rings is 1. The number of halogens is 3. The average molecular weight is 409 g/mol. The highest BCUT2D eigenvalue weighted by atomic mass is 19.4. The van der Waals surface area contributed by atoms with Crippen molar-refractivity contribution in [3.05, 3.63) is 59.3 Å². The topological polar surface area (TPSA) is 63.7 Å². The van der Waals surface area contributed by atoms with Gasteiger partial charge in [-0.2, -0.15) is 13.2 Å². The van der Waals surface area contributed by atoms with Crippen LogP contribution in [0, 0.1) is 0 Å². The molecule has 3 rings (SSSR count). The van der Waals surface area contributed by atoms with Crippen molar-refractivity contribution in [2.24, 2.45) is 0 Å². The lowest BCUT2D eigenvalue weighted by Gasteiger charge is -2.28. The molecule has 0 radical (unpaired) electrons. The smallest absolute Gasteiger partial charge is 0.378 e. The molecule has 1 saturated heterocycles. The van der Waals surface area contributed by atoms with E-state index in [1.807, 2.05) is 12.1 Å². The standard InChI is InChI=1S/C20H22F3N3O3/c21-20(22,23)14-29-13-15-1-3-17(4-2-15)19(27)25-12-16-5-6-24-18(11-16)26-7-9-28-10-8-26/h1-6,11H,7-10,12-14H2,(H,25,27). The number of rotatable bonds is 7. The first-order valence-electron chi connectivity index (χ1n) is 9.20. The SMILES string of the molecule is O=C(NCc1ccnc(N2CCOCC2)c1)c1ccc(COCC(F)(F)F)cc1. The number of alkyl halides is 3. The zero-order chi connectivity index (χ0) is 20.7. The maximum atomic E-state index is 12.3. The molecule has 1 aliphatic rings. The van der Waals surface area contributed by atoms with Crippen LogP contribution in [-0.2, 0) is 22.6 Å². The predicted molar refractivity (Wildman–Crippen MR) is 101 cm³/mol. The third-order valence-corrected chi connectivity index (χ3v) is 4.35. The molecule has 0 spiro atoms. The fourth-order valence-corrected chi connectivity index (χ4v) is 2.86. The molecule has 29 heavy (non-hydrogen) atoms. The number of aromatic nitrogens is 1. The number of morpholine rings is 1. The van der Waals surface area contributed by atoms with Crippen molar-refractivity contribution >= 4 is 11.7 Å². The highest BCUT2D eigenvalue weighted by Gasteiger charge is 2.27. The van der Waals surface area contributed by atoms with Gasteiger partial charge in [0.15, 0.2) is 0 Å². The van der Waals surface area contributed by atoms with Crippen molar-refractivity contribution in [3.8, 4) is 0 Å². The molecule has 1 fully saturated rings. The molecular weight excluding hydrogens is 387 g/mol. The van der Waals surface area contributed by atoms with Crippen LogP contribution in [0.2, 0.25) is 0 Å². The molecule has 156 valence electrons. The van der Waals surface area contributed by atoms with Gasteiger partial charge in [0.05, 0.1) is 19.8 Å². The van der Waals surface area contributed by atoms with Crippen LogP contribution in [0.15, 0.2) is 42.6 Å². The first-order chi connectivity index (χ1) is 13.9. The molecule has 0 saturated carbocycles. The van der Waals surface area contributed by atoms with Gasteiger partial charge in [-0.25, -0.2) is 4.98 Å². The van der Waals surface area contributed by atoms with E-state index < -0.39 is 12.8 Å². The molecule has 0 atom stereocenters. The van der Waals surface area contributed by atoms with Gasteiger partial charge in [0, 0.05) is 31.4 Å². The van der Waals surface area contributed by atoms with Crippen LogP contribution in [0.4, 0.5) is 19.0 Å². The Labute approximate surface area is 166 Å². The number of carbonyl (C=O) groups excluding carboxylic acids is 1. The Kier molecular flexibility index (Phi) is 7.05. The van der Waals surface area contributed by atoms with Crippen LogP contribution in [0.25, 0.3) is 0 Å². The van der Waals surface area contributed by atoms with E-state index in [-0.39, 0.29) is 12.5 Å². The number of nitrogens with one attached hydrogen (secondary N) is 1. The lowest BCUT2D eigenvalue weighted by Crippen LogP contribution is -2.36. The molecule has 2 heterocycles. The van der Waals surface area contributed by atoms with E-state index in [4.69, 9.17) is 4.74 Å². The highest BCUT2D eigenvalue weighted by Crippen LogP contribution is 2.16. The second-order valence-corrected chi connectivity index (χ2v) is 6.61. The van der Waals surface area contributed by atoms with Crippen LogP contribution in [0.3, 0.4) is 0 Å². The minimum atomic E-state index is -4.35. The molecule has 1 aliphatic heterocycles. The summed E-state index contributed by atoms with van der Waals surface area (Å²) in [6, 6.07) is 10.1. The second-order valence-electron chi connectivity index (χ2n) is 6.61. The van der Waals surface area contributed by atoms with Gasteiger partial charge in [-0.15, -0.1) is 0 Å². The van der Waals surface area contributed by atoms with Gasteiger partial charge >= 0.3 is 6.18 Å². The van der Waals surface area contributed by atoms with Crippen molar-refractivity contribution in [2.75, 3.05) is 37.8 Å². The summed E-state index contributed by atoms with van der Waals surface area (Å²) < 4.78 is 46.2. The molecule has 1 aromatic carbocycles. The number of benzene rings is 1. The van der Waals surface area contributed by atoms with E-state index in [0.29, 0.717) is 30.9 Å². The van der Waals surface area contributed by atoms with E-state index in [9.17, 15) is 18.0 Å². The zero-order valence-electron chi connectivity index (χ0n) is 15.7. The maximum Gasteiger partial charge on any atom is 0.411 e. The minimum Gasteiger partial charge on any atom is -0.378 e. The fraction of sp³-hybridized carbons (Fsp3) is 0.400. The van der Waals surface area contributed by atoms with E-state index in [1.54, 1.807) is 30.5 Å². The number of carbonyl (C=O) groups is 1. The van der Waals surface area contributed by atoms with E-state index in [1.165, 1.54) is 0 Å². The van der Waals surface area contributed by atoms with Crippen LogP contribution in [0.1, 0.15) is 21.5 Å². The molecule has 1 aromatic heterocycles. The summed E-state index contributed by atoms with van der Waals surface area (Å²) in [6.07, 6.45) is -2.64. The summed E-state index contributed by atoms with van der Waals surface area (Å²) in [5.41, 5.74) is 1.91. The molecule has 2 aromatic rings. The van der Waals surface area contributed by atoms with Crippen molar-refractivity contribution in [1.29, 1.82) is 0 Å². The van der Waals surface area contributed by atoms with Gasteiger partial charge in [0.1, 0.15) is 12.4 Å². The second kappa shape index (κ2) is 9.71. The quantitative estimate of drug-likeness (QED) is 0.762. The maximum absolute atomic E-state index is 12.3. The summed E-state index contributed by atoms with van der Waals surface area (Å²) in [5, 5.41) is 2.84. The fourth-order valence-electron chi connectivity index (χ4n) is 2.86. The van der Waals surface area contributed by atoms with Crippen molar-refractivity contribution in [1.82, 2.24) is 10.3 Å². The van der Waals surface area contributed by atoms with Gasteiger partial charge < -0.3 is 19.7 Å². The van der Waals surface area contributed by atoms with Crippen LogP contribution < -0.4 is 10.2 Å². The Bertz CT molecular complexity index is 807. The molecule has 1 N–H and O–H groups in total. The van der Waals surface area contributed by atoms with Gasteiger partial charge in [-0.05, 0) is 35.4 Å². The molecule has 0 unspecified atom stereocenters. The summed E-state index contributed by atoms with van der Waals surface area (Å²) >= 11 is 0. The zero-order valence-corrected chi connectivity index (χ0v) is 15.7. The third-order valence-electron chi connectivity index (χ3n) is 4.35. The monoisotopic (exact) mass is 409 g/mol. The summed E-state index contributed by atoms with van der Waals surface area (Å²) in [4.78, 5) is 18.8. The van der Waals surface area contributed by atoms with Gasteiger partial charge in [-0.3, -0.25) is 4.79 Å². The van der Waals surface area contributed by atoms with Crippen LogP contribution in [0.5, 0.6) is 0 Å². The van der Waals surface area contributed by atoms with Gasteiger partial charge in [0.25, 0.3) is 5.91 Å². The number of ether oxygens (including phenoxy) is 2. The molecule has 6 nitrogen and oxygen atoms in total. The summed E-state index contributed by atoms with van der Waals surface area (Å²) in [5.74, 6) is 0.584. The number of anilines is 1. The van der Waals surface area contributed by atoms with Crippen molar-refractivity contribution in [3.63, 3.8) is 0 Å². The molecular formula is C20H22F3N3O3. The molecule has 1 amide bonds. The number of nitrogens with zero attached hydrogens (tertiary/aromatic N) is 2. The Balaban J connectivity index is 1.50. The molecule has 9 heteroatoms. The lowest BCUT2D eigenvalue weighted by atomic mass is 10.1. The number of hydrogen-bond donors (Lipinski definition) is 1. The lowest BCUT2D eigenvalue weighted by molar-refractivity contribution is -0.176. The van der Waals surface area contributed by atoms with E-state index >= 15 is 0 Å². The van der Waals surface area contributed by atoms with E-state index in [2.05, 4.69) is 19.9 Å². The Morgan fingerprint density at radius 2 is 1.86 bits per heavy atom. The molecule has 0 aliphatic carbocycles. The van der Waals surface area contributed by atoms with Crippen LogP contribution >= 0.6 is 0 Å². The Morgan fingerprint density at radius 1 is 1.14 bits per heavy atom. The first kappa shape index (κ1) is 21.1. The Morgan fingerprint density at radius 3 is 2.55 bits per heavy atom. The van der Waals surface area contributed by atoms with Crippen molar-refractivity contribution < 1.29 is 27.4 Å². The van der Waals surface area contributed by atoms with Gasteiger partial charge in [0.2, 0.25) is 0 Å². The van der Waals surface area contributed by atoms with Gasteiger partial charge in [-0.1, -0.05) is 12.1 Å². The number of hydrogen-bond acceptors (Lipinski definition) is 5. The molecule has 0 bridgehead atoms. The largest absolute Gasteiger partial charge is 0.411 e. The highest BCUT2D eigenvalue weighted by molar-refractivity contribution is 5.94. The summed E-state index contributed by atoms with van der Waals surface area (Å²) in [7, 11) is 0. The number of amides is 1. The Hall–Kier alpha value is -2.65. The minimum absolute atomic E-state index is 0.164. The van der Waals surface area contributed by atoms with Crippen LogP contribution in [-0.4, -0.2) is 50.0 Å². The normalized spacial score (nSPS) is 14.7. The third kappa shape index (κ3) is 6.72. The predicted octanol–water partition coefficient (Wildman–Crippen LogP) is 2.93. The summed E-state index contributed by atoms with van der Waals surface area (Å²) in [6.45, 7) is 1.77.